The lowest BCUT2D eigenvalue weighted by atomic mass is 9.72. The topological polar surface area (TPSA) is 80.5 Å². The Hall–Kier alpha value is -1.70. The summed E-state index contributed by atoms with van der Waals surface area (Å²) in [5, 5.41) is 5.24. The summed E-state index contributed by atoms with van der Waals surface area (Å²) in [7, 11) is -2.02. The van der Waals surface area contributed by atoms with E-state index in [0.29, 0.717) is 5.92 Å². The molecule has 0 saturated carbocycles. The van der Waals surface area contributed by atoms with Gasteiger partial charge in [-0.05, 0) is 66.8 Å². The molecule has 0 radical (unpaired) electrons. The largest absolute Gasteiger partial charge is 0.334 e. The molecule has 1 amide bonds. The van der Waals surface area contributed by atoms with Gasteiger partial charge < -0.3 is 4.90 Å². The number of amides is 1. The third-order valence-electron chi connectivity index (χ3n) is 6.09. The molecule has 158 valence electrons. The summed E-state index contributed by atoms with van der Waals surface area (Å²) < 4.78 is 23.3. The zero-order valence-electron chi connectivity index (χ0n) is 17.7. The van der Waals surface area contributed by atoms with E-state index in [1.807, 2.05) is 13.0 Å². The van der Waals surface area contributed by atoms with Gasteiger partial charge in [0.1, 0.15) is 0 Å². The SMILES string of the molecule is CC(c1cccc(S(N)(=O)=O)c1)N(C)C(=O)c1cc2c(s1)CCC(C(C)(C)C)C2. The van der Waals surface area contributed by atoms with Gasteiger partial charge in [-0.25, -0.2) is 13.6 Å². The molecule has 29 heavy (non-hydrogen) atoms. The van der Waals surface area contributed by atoms with Crippen molar-refractivity contribution in [3.8, 4) is 0 Å². The lowest BCUT2D eigenvalue weighted by Gasteiger charge is -2.33. The van der Waals surface area contributed by atoms with Gasteiger partial charge in [0.15, 0.2) is 0 Å². The summed E-state index contributed by atoms with van der Waals surface area (Å²) >= 11 is 1.60. The molecule has 2 atom stereocenters. The van der Waals surface area contributed by atoms with Gasteiger partial charge in [-0.15, -0.1) is 11.3 Å². The number of sulfonamides is 1. The summed E-state index contributed by atoms with van der Waals surface area (Å²) in [5.74, 6) is 0.593. The number of hydrogen-bond acceptors (Lipinski definition) is 4. The van der Waals surface area contributed by atoms with Gasteiger partial charge in [-0.3, -0.25) is 4.79 Å². The van der Waals surface area contributed by atoms with Crippen LogP contribution >= 0.6 is 11.3 Å². The molecule has 0 spiro atoms. The molecule has 5 nitrogen and oxygen atoms in total. The van der Waals surface area contributed by atoms with E-state index in [0.717, 1.165) is 29.7 Å². The van der Waals surface area contributed by atoms with Crippen molar-refractivity contribution in [3.05, 3.63) is 51.2 Å². The zero-order valence-corrected chi connectivity index (χ0v) is 19.4. The second-order valence-electron chi connectivity index (χ2n) is 9.07. The number of thiophene rings is 1. The summed E-state index contributed by atoms with van der Waals surface area (Å²) in [6.45, 7) is 8.74. The minimum absolute atomic E-state index is 0.0368. The zero-order chi connectivity index (χ0) is 21.6. The maximum Gasteiger partial charge on any atom is 0.264 e. The van der Waals surface area contributed by atoms with Crippen LogP contribution in [0.2, 0.25) is 0 Å². The number of carbonyl (C=O) groups is 1. The lowest BCUT2D eigenvalue weighted by molar-refractivity contribution is 0.0747. The Bertz CT molecular complexity index is 1020. The average molecular weight is 435 g/mol. The summed E-state index contributed by atoms with van der Waals surface area (Å²) in [6.07, 6.45) is 3.22. The number of benzene rings is 1. The van der Waals surface area contributed by atoms with E-state index in [-0.39, 0.29) is 22.3 Å². The van der Waals surface area contributed by atoms with Crippen LogP contribution in [0.5, 0.6) is 0 Å². The molecule has 2 N–H and O–H groups in total. The smallest absolute Gasteiger partial charge is 0.264 e. The summed E-state index contributed by atoms with van der Waals surface area (Å²) in [6, 6.07) is 8.26. The van der Waals surface area contributed by atoms with Crippen molar-refractivity contribution in [2.45, 2.75) is 57.9 Å². The van der Waals surface area contributed by atoms with E-state index in [1.54, 1.807) is 29.4 Å². The number of nitrogens with two attached hydrogens (primary N) is 1. The van der Waals surface area contributed by atoms with Gasteiger partial charge in [0, 0.05) is 11.9 Å². The lowest BCUT2D eigenvalue weighted by Crippen LogP contribution is -2.29. The highest BCUT2D eigenvalue weighted by Gasteiger charge is 2.31. The summed E-state index contributed by atoms with van der Waals surface area (Å²) in [5.41, 5.74) is 2.31. The Kier molecular flexibility index (Phi) is 5.96. The van der Waals surface area contributed by atoms with Crippen molar-refractivity contribution in [2.24, 2.45) is 16.5 Å². The van der Waals surface area contributed by atoms with Crippen LogP contribution in [0.3, 0.4) is 0 Å². The summed E-state index contributed by atoms with van der Waals surface area (Å²) in [4.78, 5) is 16.9. The molecule has 3 rings (SSSR count). The Morgan fingerprint density at radius 2 is 1.97 bits per heavy atom. The predicted molar refractivity (Wildman–Crippen MR) is 118 cm³/mol. The van der Waals surface area contributed by atoms with Crippen LogP contribution in [0.15, 0.2) is 35.2 Å². The van der Waals surface area contributed by atoms with E-state index in [1.165, 1.54) is 22.6 Å². The molecule has 0 fully saturated rings. The molecule has 7 heteroatoms. The minimum Gasteiger partial charge on any atom is -0.334 e. The minimum atomic E-state index is -3.78. The molecule has 0 bridgehead atoms. The van der Waals surface area contributed by atoms with Crippen molar-refractivity contribution < 1.29 is 13.2 Å². The van der Waals surface area contributed by atoms with E-state index in [9.17, 15) is 13.2 Å². The number of aryl methyl sites for hydroxylation is 1. The van der Waals surface area contributed by atoms with Crippen molar-refractivity contribution in [2.75, 3.05) is 7.05 Å². The van der Waals surface area contributed by atoms with Crippen molar-refractivity contribution in [3.63, 3.8) is 0 Å². The Morgan fingerprint density at radius 1 is 1.28 bits per heavy atom. The maximum atomic E-state index is 13.1. The fourth-order valence-electron chi connectivity index (χ4n) is 3.89. The standard InChI is InChI=1S/C22H30N2O3S2/c1-14(15-7-6-8-18(12-15)29(23,26)27)24(5)21(25)20-13-16-11-17(22(2,3)4)9-10-19(16)28-20/h6-8,12-14,17H,9-11H2,1-5H3,(H2,23,26,27). The average Bonchev–Trinajstić information content (AvgIpc) is 3.08. The van der Waals surface area contributed by atoms with Crippen LogP contribution in [0.4, 0.5) is 0 Å². The number of fused-ring (bicyclic) bond motifs is 1. The number of nitrogens with zero attached hydrogens (tertiary/aromatic N) is 1. The van der Waals surface area contributed by atoms with Crippen LogP contribution in [0.1, 0.15) is 65.8 Å². The van der Waals surface area contributed by atoms with Crippen LogP contribution in [-0.2, 0) is 22.9 Å². The normalized spacial score (nSPS) is 18.2. The van der Waals surface area contributed by atoms with Gasteiger partial charge >= 0.3 is 0 Å². The van der Waals surface area contributed by atoms with Crippen molar-refractivity contribution in [1.82, 2.24) is 4.90 Å². The molecule has 1 heterocycles. The molecule has 1 aromatic heterocycles. The number of rotatable bonds is 4. The molecule has 1 aliphatic carbocycles. The van der Waals surface area contributed by atoms with E-state index < -0.39 is 10.0 Å². The third kappa shape index (κ3) is 4.73. The number of primary sulfonamides is 1. The van der Waals surface area contributed by atoms with Gasteiger partial charge in [0.2, 0.25) is 10.0 Å². The molecule has 1 aromatic carbocycles. The second kappa shape index (κ2) is 7.85. The van der Waals surface area contributed by atoms with Gasteiger partial charge in [0.25, 0.3) is 5.91 Å². The molecular formula is C22H30N2O3S2. The Balaban J connectivity index is 1.80. The number of hydrogen-bond donors (Lipinski definition) is 1. The van der Waals surface area contributed by atoms with Crippen molar-refractivity contribution in [1.29, 1.82) is 0 Å². The first-order valence-electron chi connectivity index (χ1n) is 9.89. The van der Waals surface area contributed by atoms with Gasteiger partial charge in [-0.1, -0.05) is 32.9 Å². The van der Waals surface area contributed by atoms with Crippen LogP contribution in [0.25, 0.3) is 0 Å². The number of carbonyl (C=O) groups excluding carboxylic acids is 1. The van der Waals surface area contributed by atoms with Crippen LogP contribution in [0, 0.1) is 11.3 Å². The molecule has 0 aliphatic heterocycles. The first-order valence-corrected chi connectivity index (χ1v) is 12.3. The monoisotopic (exact) mass is 434 g/mol. The van der Waals surface area contributed by atoms with Crippen LogP contribution in [-0.4, -0.2) is 26.3 Å². The van der Waals surface area contributed by atoms with Gasteiger partial charge in [0.05, 0.1) is 15.8 Å². The second-order valence-corrected chi connectivity index (χ2v) is 11.8. The Labute approximate surface area is 178 Å². The molecule has 2 unspecified atom stereocenters. The highest BCUT2D eigenvalue weighted by Crippen LogP contribution is 2.40. The molecular weight excluding hydrogens is 404 g/mol. The highest BCUT2D eigenvalue weighted by atomic mass is 32.2. The molecule has 1 aliphatic rings. The highest BCUT2D eigenvalue weighted by molar-refractivity contribution is 7.89. The fraction of sp³-hybridized carbons (Fsp3) is 0.500. The molecule has 2 aromatic rings. The predicted octanol–water partition coefficient (Wildman–Crippen LogP) is 4.38. The quantitative estimate of drug-likeness (QED) is 0.775. The third-order valence-corrected chi connectivity index (χ3v) is 8.22. The Morgan fingerprint density at radius 3 is 2.59 bits per heavy atom. The van der Waals surface area contributed by atoms with Crippen LogP contribution < -0.4 is 5.14 Å². The van der Waals surface area contributed by atoms with Gasteiger partial charge in [-0.2, -0.15) is 0 Å². The molecule has 0 saturated heterocycles. The maximum absolute atomic E-state index is 13.1. The van der Waals surface area contributed by atoms with Crippen molar-refractivity contribution >= 4 is 27.3 Å². The van der Waals surface area contributed by atoms with E-state index in [2.05, 4.69) is 26.8 Å². The fourth-order valence-corrected chi connectivity index (χ4v) is 5.65. The van der Waals surface area contributed by atoms with E-state index >= 15 is 0 Å². The van der Waals surface area contributed by atoms with E-state index in [4.69, 9.17) is 5.14 Å². The first-order chi connectivity index (χ1) is 13.4. The first kappa shape index (κ1) is 22.0.